The van der Waals surface area contributed by atoms with Gasteiger partial charge in [-0.15, -0.1) is 0 Å². The van der Waals surface area contributed by atoms with Gasteiger partial charge in [0.25, 0.3) is 0 Å². The fraction of sp³-hybridized carbons (Fsp3) is 0.316. The van der Waals surface area contributed by atoms with Gasteiger partial charge in [-0.1, -0.05) is 26.0 Å². The van der Waals surface area contributed by atoms with Crippen molar-refractivity contribution in [3.05, 3.63) is 59.9 Å². The van der Waals surface area contributed by atoms with Crippen LogP contribution in [0.25, 0.3) is 0 Å². The molecule has 5 heteroatoms. The number of anilines is 1. The molecule has 0 saturated heterocycles. The number of hydrogen-bond donors (Lipinski definition) is 2. The number of halogens is 1. The summed E-state index contributed by atoms with van der Waals surface area (Å²) in [5.74, 6) is 0.609. The van der Waals surface area contributed by atoms with E-state index in [0.29, 0.717) is 5.69 Å². The van der Waals surface area contributed by atoms with Crippen molar-refractivity contribution in [2.45, 2.75) is 19.9 Å². The second-order valence-electron chi connectivity index (χ2n) is 5.93. The van der Waals surface area contributed by atoms with Crippen LogP contribution in [0.1, 0.15) is 25.5 Å². The molecule has 2 aromatic carbocycles. The van der Waals surface area contributed by atoms with Crippen molar-refractivity contribution in [2.75, 3.05) is 19.0 Å². The van der Waals surface area contributed by atoms with Crippen molar-refractivity contribution in [1.82, 2.24) is 5.32 Å². The molecular weight excluding hydrogens is 307 g/mol. The number of carbonyl (C=O) groups excluding carboxylic acids is 1. The van der Waals surface area contributed by atoms with Crippen molar-refractivity contribution in [2.24, 2.45) is 5.92 Å². The SMILES string of the molecule is COc1ccc(NC(=O)CN[C@H](c2ccc(F)cc2)C(C)C)cc1. The van der Waals surface area contributed by atoms with Gasteiger partial charge in [-0.3, -0.25) is 4.79 Å². The Kier molecular flexibility index (Phi) is 6.32. The summed E-state index contributed by atoms with van der Waals surface area (Å²) in [5.41, 5.74) is 1.68. The average molecular weight is 330 g/mol. The Bertz CT molecular complexity index is 654. The first-order chi connectivity index (χ1) is 11.5. The highest BCUT2D eigenvalue weighted by atomic mass is 19.1. The molecule has 0 aliphatic heterocycles. The predicted molar refractivity (Wildman–Crippen MR) is 93.6 cm³/mol. The Morgan fingerprint density at radius 1 is 1.08 bits per heavy atom. The topological polar surface area (TPSA) is 50.4 Å². The van der Waals surface area contributed by atoms with Crippen LogP contribution < -0.4 is 15.4 Å². The number of amides is 1. The highest BCUT2D eigenvalue weighted by Crippen LogP contribution is 2.21. The van der Waals surface area contributed by atoms with Crippen molar-refractivity contribution in [3.63, 3.8) is 0 Å². The fourth-order valence-electron chi connectivity index (χ4n) is 2.49. The average Bonchev–Trinajstić information content (AvgIpc) is 2.57. The maximum absolute atomic E-state index is 13.1. The first-order valence-electron chi connectivity index (χ1n) is 7.92. The lowest BCUT2D eigenvalue weighted by molar-refractivity contribution is -0.115. The third kappa shape index (κ3) is 5.06. The van der Waals surface area contributed by atoms with E-state index >= 15 is 0 Å². The quantitative estimate of drug-likeness (QED) is 0.813. The van der Waals surface area contributed by atoms with E-state index in [9.17, 15) is 9.18 Å². The Morgan fingerprint density at radius 3 is 2.25 bits per heavy atom. The number of rotatable bonds is 7. The van der Waals surface area contributed by atoms with E-state index in [1.54, 1.807) is 43.5 Å². The smallest absolute Gasteiger partial charge is 0.238 e. The number of benzene rings is 2. The van der Waals surface area contributed by atoms with E-state index in [4.69, 9.17) is 4.74 Å². The number of carbonyl (C=O) groups is 1. The first kappa shape index (κ1) is 17.9. The van der Waals surface area contributed by atoms with Gasteiger partial charge in [0.15, 0.2) is 0 Å². The second kappa shape index (κ2) is 8.45. The Labute approximate surface area is 142 Å². The van der Waals surface area contributed by atoms with Crippen LogP contribution in [0.5, 0.6) is 5.75 Å². The fourth-order valence-corrected chi connectivity index (χ4v) is 2.49. The van der Waals surface area contributed by atoms with E-state index in [2.05, 4.69) is 24.5 Å². The molecule has 2 rings (SSSR count). The molecule has 0 fully saturated rings. The van der Waals surface area contributed by atoms with E-state index in [1.807, 2.05) is 0 Å². The lowest BCUT2D eigenvalue weighted by Crippen LogP contribution is -2.33. The molecule has 0 aliphatic rings. The minimum atomic E-state index is -0.265. The minimum Gasteiger partial charge on any atom is -0.497 e. The summed E-state index contributed by atoms with van der Waals surface area (Å²) in [6, 6.07) is 13.5. The van der Waals surface area contributed by atoms with Crippen molar-refractivity contribution in [3.8, 4) is 5.75 Å². The Hall–Kier alpha value is -2.40. The zero-order valence-electron chi connectivity index (χ0n) is 14.2. The van der Waals surface area contributed by atoms with Gasteiger partial charge in [0.2, 0.25) is 5.91 Å². The van der Waals surface area contributed by atoms with Gasteiger partial charge < -0.3 is 15.4 Å². The predicted octanol–water partition coefficient (Wildman–Crippen LogP) is 3.76. The van der Waals surface area contributed by atoms with E-state index < -0.39 is 0 Å². The van der Waals surface area contributed by atoms with E-state index in [0.717, 1.165) is 11.3 Å². The minimum absolute atomic E-state index is 0.0211. The third-order valence-electron chi connectivity index (χ3n) is 3.75. The summed E-state index contributed by atoms with van der Waals surface area (Å²) >= 11 is 0. The van der Waals surface area contributed by atoms with Gasteiger partial charge in [0.05, 0.1) is 13.7 Å². The van der Waals surface area contributed by atoms with Gasteiger partial charge in [0, 0.05) is 11.7 Å². The molecule has 0 heterocycles. The van der Waals surface area contributed by atoms with Gasteiger partial charge in [-0.05, 0) is 47.9 Å². The van der Waals surface area contributed by atoms with Crippen molar-refractivity contribution < 1.29 is 13.9 Å². The molecule has 0 radical (unpaired) electrons. The molecule has 0 bridgehead atoms. The molecule has 0 aromatic heterocycles. The van der Waals surface area contributed by atoms with Crippen LogP contribution >= 0.6 is 0 Å². The molecule has 0 spiro atoms. The number of hydrogen-bond acceptors (Lipinski definition) is 3. The maximum Gasteiger partial charge on any atom is 0.238 e. The highest BCUT2D eigenvalue weighted by molar-refractivity contribution is 5.92. The molecule has 24 heavy (non-hydrogen) atoms. The molecule has 1 amide bonds. The maximum atomic E-state index is 13.1. The second-order valence-corrected chi connectivity index (χ2v) is 5.93. The molecule has 2 N–H and O–H groups in total. The van der Waals surface area contributed by atoms with Crippen LogP contribution in [0.2, 0.25) is 0 Å². The zero-order valence-corrected chi connectivity index (χ0v) is 14.2. The van der Waals surface area contributed by atoms with Crippen LogP contribution in [0, 0.1) is 11.7 Å². The Balaban J connectivity index is 1.93. The molecule has 0 saturated carbocycles. The normalized spacial score (nSPS) is 12.0. The van der Waals surface area contributed by atoms with Crippen LogP contribution in [-0.2, 0) is 4.79 Å². The van der Waals surface area contributed by atoms with Gasteiger partial charge in [-0.2, -0.15) is 0 Å². The molecule has 4 nitrogen and oxygen atoms in total. The third-order valence-corrected chi connectivity index (χ3v) is 3.75. The molecule has 128 valence electrons. The Morgan fingerprint density at radius 2 is 1.71 bits per heavy atom. The van der Waals surface area contributed by atoms with Crippen molar-refractivity contribution >= 4 is 11.6 Å². The van der Waals surface area contributed by atoms with Crippen molar-refractivity contribution in [1.29, 1.82) is 0 Å². The lowest BCUT2D eigenvalue weighted by atomic mass is 9.96. The largest absolute Gasteiger partial charge is 0.497 e. The summed E-state index contributed by atoms with van der Waals surface area (Å²) in [4.78, 5) is 12.1. The van der Waals surface area contributed by atoms with E-state index in [-0.39, 0.29) is 30.2 Å². The highest BCUT2D eigenvalue weighted by Gasteiger charge is 2.16. The molecular formula is C19H23FN2O2. The van der Waals surface area contributed by atoms with Crippen LogP contribution in [0.3, 0.4) is 0 Å². The van der Waals surface area contributed by atoms with Crippen LogP contribution in [0.15, 0.2) is 48.5 Å². The number of methoxy groups -OCH3 is 1. The molecule has 0 unspecified atom stereocenters. The number of nitrogens with one attached hydrogen (secondary N) is 2. The standard InChI is InChI=1S/C19H23FN2O2/c1-13(2)19(14-4-6-15(20)7-5-14)21-12-18(23)22-16-8-10-17(24-3)11-9-16/h4-11,13,19,21H,12H2,1-3H3,(H,22,23)/t19-/m0/s1. The molecule has 0 aliphatic carbocycles. The van der Waals surface area contributed by atoms with Gasteiger partial charge in [-0.25, -0.2) is 4.39 Å². The first-order valence-corrected chi connectivity index (χ1v) is 7.92. The summed E-state index contributed by atoms with van der Waals surface area (Å²) in [6.07, 6.45) is 0. The number of ether oxygens (including phenoxy) is 1. The van der Waals surface area contributed by atoms with E-state index in [1.165, 1.54) is 12.1 Å². The van der Waals surface area contributed by atoms with Gasteiger partial charge in [0.1, 0.15) is 11.6 Å². The lowest BCUT2D eigenvalue weighted by Gasteiger charge is -2.22. The van der Waals surface area contributed by atoms with Crippen LogP contribution in [0.4, 0.5) is 10.1 Å². The molecule has 2 aromatic rings. The zero-order chi connectivity index (χ0) is 17.5. The summed E-state index contributed by atoms with van der Waals surface area (Å²) in [5, 5.41) is 6.07. The summed E-state index contributed by atoms with van der Waals surface area (Å²) in [6.45, 7) is 4.29. The summed E-state index contributed by atoms with van der Waals surface area (Å²) in [7, 11) is 1.60. The van der Waals surface area contributed by atoms with Gasteiger partial charge >= 0.3 is 0 Å². The van der Waals surface area contributed by atoms with Crippen LogP contribution in [-0.4, -0.2) is 19.6 Å². The monoisotopic (exact) mass is 330 g/mol. The summed E-state index contributed by atoms with van der Waals surface area (Å²) < 4.78 is 18.2. The molecule has 1 atom stereocenters.